The second kappa shape index (κ2) is 6.18. The minimum atomic E-state index is 0.202. The minimum absolute atomic E-state index is 0.202. The van der Waals surface area contributed by atoms with Crippen LogP contribution in [0.15, 0.2) is 36.4 Å². The largest absolute Gasteiger partial charge is 0.481 e. The molecule has 2 aromatic rings. The average Bonchev–Trinajstić information content (AvgIpc) is 2.45. The molecule has 1 heterocycles. The lowest BCUT2D eigenvalue weighted by atomic mass is 10.1. The summed E-state index contributed by atoms with van der Waals surface area (Å²) in [7, 11) is 1.61. The highest BCUT2D eigenvalue weighted by Crippen LogP contribution is 2.21. The molecule has 2 rings (SSSR count). The van der Waals surface area contributed by atoms with Crippen molar-refractivity contribution >= 4 is 5.95 Å². The van der Waals surface area contributed by atoms with Gasteiger partial charge in [0.15, 0.2) is 0 Å². The average molecular weight is 257 g/mol. The van der Waals surface area contributed by atoms with E-state index in [0.29, 0.717) is 11.8 Å². The third-order valence-electron chi connectivity index (χ3n) is 2.95. The van der Waals surface area contributed by atoms with Crippen molar-refractivity contribution in [3.05, 3.63) is 47.7 Å². The Labute approximate surface area is 113 Å². The lowest BCUT2D eigenvalue weighted by Crippen LogP contribution is -2.12. The zero-order valence-corrected chi connectivity index (χ0v) is 11.6. The van der Waals surface area contributed by atoms with E-state index in [1.165, 1.54) is 5.56 Å². The van der Waals surface area contributed by atoms with Gasteiger partial charge in [0, 0.05) is 11.8 Å². The van der Waals surface area contributed by atoms with Gasteiger partial charge < -0.3 is 10.1 Å². The summed E-state index contributed by atoms with van der Waals surface area (Å²) in [5.41, 5.74) is 2.12. The van der Waals surface area contributed by atoms with E-state index in [1.807, 2.05) is 31.2 Å². The molecule has 0 saturated heterocycles. The van der Waals surface area contributed by atoms with Gasteiger partial charge in [0.1, 0.15) is 0 Å². The lowest BCUT2D eigenvalue weighted by molar-refractivity contribution is 0.396. The van der Waals surface area contributed by atoms with Gasteiger partial charge in [0.05, 0.1) is 13.2 Å². The molecule has 0 aliphatic rings. The van der Waals surface area contributed by atoms with E-state index in [0.717, 1.165) is 12.1 Å². The maximum Gasteiger partial charge on any atom is 0.226 e. The van der Waals surface area contributed by atoms with Crippen LogP contribution in [0, 0.1) is 6.92 Å². The smallest absolute Gasteiger partial charge is 0.226 e. The summed E-state index contributed by atoms with van der Waals surface area (Å²) >= 11 is 0. The molecule has 0 bridgehead atoms. The van der Waals surface area contributed by atoms with Crippen LogP contribution in [0.5, 0.6) is 5.88 Å². The van der Waals surface area contributed by atoms with Crippen LogP contribution in [0.3, 0.4) is 0 Å². The third kappa shape index (κ3) is 3.44. The van der Waals surface area contributed by atoms with E-state index < -0.39 is 0 Å². The molecular formula is C15H19N3O. The molecule has 0 spiro atoms. The lowest BCUT2D eigenvalue weighted by Gasteiger charge is -2.17. The number of aryl methyl sites for hydroxylation is 1. The number of nitrogens with one attached hydrogen (secondary N) is 1. The van der Waals surface area contributed by atoms with E-state index in [1.54, 1.807) is 7.11 Å². The first-order valence-electron chi connectivity index (χ1n) is 6.44. The molecule has 1 aromatic carbocycles. The minimum Gasteiger partial charge on any atom is -0.481 e. The Hall–Kier alpha value is -2.10. The maximum absolute atomic E-state index is 5.17. The number of ether oxygens (including phenoxy) is 1. The molecular weight excluding hydrogens is 238 g/mol. The van der Waals surface area contributed by atoms with E-state index >= 15 is 0 Å². The monoisotopic (exact) mass is 257 g/mol. The van der Waals surface area contributed by atoms with Crippen LogP contribution in [0.2, 0.25) is 0 Å². The van der Waals surface area contributed by atoms with E-state index in [4.69, 9.17) is 4.74 Å². The fourth-order valence-corrected chi connectivity index (χ4v) is 1.97. The van der Waals surface area contributed by atoms with Crippen molar-refractivity contribution in [2.75, 3.05) is 12.4 Å². The molecule has 0 aliphatic carbocycles. The predicted octanol–water partition coefficient (Wildman–Crippen LogP) is 3.36. The topological polar surface area (TPSA) is 47.0 Å². The number of methoxy groups -OCH3 is 1. The molecule has 4 heteroatoms. The summed E-state index contributed by atoms with van der Waals surface area (Å²) in [6, 6.07) is 12.3. The summed E-state index contributed by atoms with van der Waals surface area (Å²) in [5, 5.41) is 3.36. The summed E-state index contributed by atoms with van der Waals surface area (Å²) < 4.78 is 5.17. The number of rotatable bonds is 5. The molecule has 0 saturated carbocycles. The molecule has 1 N–H and O–H groups in total. The molecule has 0 aliphatic heterocycles. The van der Waals surface area contributed by atoms with E-state index in [2.05, 4.69) is 34.3 Å². The van der Waals surface area contributed by atoms with Crippen molar-refractivity contribution in [1.82, 2.24) is 9.97 Å². The van der Waals surface area contributed by atoms with Crippen LogP contribution in [0.4, 0.5) is 5.95 Å². The molecule has 0 amide bonds. The Morgan fingerprint density at radius 3 is 2.58 bits per heavy atom. The molecule has 4 nitrogen and oxygen atoms in total. The van der Waals surface area contributed by atoms with Gasteiger partial charge in [-0.05, 0) is 18.9 Å². The fraction of sp³-hybridized carbons (Fsp3) is 0.333. The molecule has 0 fully saturated rings. The highest BCUT2D eigenvalue weighted by molar-refractivity contribution is 5.35. The highest BCUT2D eigenvalue weighted by atomic mass is 16.5. The van der Waals surface area contributed by atoms with Crippen LogP contribution in [-0.2, 0) is 0 Å². The normalized spacial score (nSPS) is 11.9. The number of hydrogen-bond donors (Lipinski definition) is 1. The van der Waals surface area contributed by atoms with Crippen LogP contribution in [0.25, 0.3) is 0 Å². The van der Waals surface area contributed by atoms with E-state index in [9.17, 15) is 0 Å². The van der Waals surface area contributed by atoms with Crippen LogP contribution >= 0.6 is 0 Å². The van der Waals surface area contributed by atoms with Crippen LogP contribution in [0.1, 0.15) is 30.6 Å². The fourth-order valence-electron chi connectivity index (χ4n) is 1.97. The van der Waals surface area contributed by atoms with Gasteiger partial charge >= 0.3 is 0 Å². The van der Waals surface area contributed by atoms with Crippen molar-refractivity contribution in [3.8, 4) is 5.88 Å². The van der Waals surface area contributed by atoms with Crippen molar-refractivity contribution in [3.63, 3.8) is 0 Å². The Morgan fingerprint density at radius 2 is 1.95 bits per heavy atom. The van der Waals surface area contributed by atoms with Crippen LogP contribution in [-0.4, -0.2) is 17.1 Å². The number of nitrogens with zero attached hydrogens (tertiary/aromatic N) is 2. The number of aromatic nitrogens is 2. The van der Waals surface area contributed by atoms with Crippen molar-refractivity contribution in [2.45, 2.75) is 26.3 Å². The first-order valence-corrected chi connectivity index (χ1v) is 6.44. The molecule has 19 heavy (non-hydrogen) atoms. The Kier molecular flexibility index (Phi) is 4.34. The van der Waals surface area contributed by atoms with Gasteiger partial charge in [-0.3, -0.25) is 0 Å². The van der Waals surface area contributed by atoms with E-state index in [-0.39, 0.29) is 6.04 Å². The SMILES string of the molecule is CCC(Nc1nc(C)cc(OC)n1)c1ccccc1. The van der Waals surface area contributed by atoms with Gasteiger partial charge in [-0.1, -0.05) is 37.3 Å². The number of anilines is 1. The van der Waals surface area contributed by atoms with Crippen molar-refractivity contribution in [2.24, 2.45) is 0 Å². The molecule has 100 valence electrons. The second-order valence-electron chi connectivity index (χ2n) is 4.39. The number of hydrogen-bond acceptors (Lipinski definition) is 4. The summed E-state index contributed by atoms with van der Waals surface area (Å²) in [6.07, 6.45) is 0.962. The molecule has 0 radical (unpaired) electrons. The third-order valence-corrected chi connectivity index (χ3v) is 2.95. The quantitative estimate of drug-likeness (QED) is 0.892. The first kappa shape index (κ1) is 13.3. The standard InChI is InChI=1S/C15H19N3O/c1-4-13(12-8-6-5-7-9-12)17-15-16-11(2)10-14(18-15)19-3/h5-10,13H,4H2,1-3H3,(H,16,17,18). The number of benzene rings is 1. The molecule has 1 atom stereocenters. The van der Waals surface area contributed by atoms with Gasteiger partial charge in [-0.2, -0.15) is 4.98 Å². The highest BCUT2D eigenvalue weighted by Gasteiger charge is 2.11. The Morgan fingerprint density at radius 1 is 1.21 bits per heavy atom. The van der Waals surface area contributed by atoms with Gasteiger partial charge in [0.25, 0.3) is 0 Å². The summed E-state index contributed by atoms with van der Waals surface area (Å²) in [4.78, 5) is 8.71. The van der Waals surface area contributed by atoms with Gasteiger partial charge in [-0.15, -0.1) is 0 Å². The Balaban J connectivity index is 2.21. The zero-order chi connectivity index (χ0) is 13.7. The van der Waals surface area contributed by atoms with Crippen LogP contribution < -0.4 is 10.1 Å². The van der Waals surface area contributed by atoms with Gasteiger partial charge in [-0.25, -0.2) is 4.98 Å². The Bertz CT molecular complexity index is 528. The predicted molar refractivity (Wildman–Crippen MR) is 76.4 cm³/mol. The summed E-state index contributed by atoms with van der Waals surface area (Å²) in [6.45, 7) is 4.07. The second-order valence-corrected chi connectivity index (χ2v) is 4.39. The van der Waals surface area contributed by atoms with Gasteiger partial charge in [0.2, 0.25) is 11.8 Å². The van der Waals surface area contributed by atoms with Crippen molar-refractivity contribution in [1.29, 1.82) is 0 Å². The zero-order valence-electron chi connectivity index (χ0n) is 11.6. The van der Waals surface area contributed by atoms with Crippen molar-refractivity contribution < 1.29 is 4.74 Å². The maximum atomic E-state index is 5.17. The molecule has 1 aromatic heterocycles. The summed E-state index contributed by atoms with van der Waals surface area (Å²) in [5.74, 6) is 1.19. The first-order chi connectivity index (χ1) is 9.22. The molecule has 1 unspecified atom stereocenters.